The fraction of sp³-hybridized carbons (Fsp3) is 0.318. The first-order valence-electron chi connectivity index (χ1n) is 10.4. The first-order valence-corrected chi connectivity index (χ1v) is 10.7. The number of nitrogens with one attached hydrogen (secondary N) is 1. The van der Waals surface area contributed by atoms with Gasteiger partial charge in [0.25, 0.3) is 11.6 Å². The molecule has 0 aromatic heterocycles. The smallest absolute Gasteiger partial charge is 0.271 e. The lowest BCUT2D eigenvalue weighted by molar-refractivity contribution is -0.384. The predicted molar refractivity (Wildman–Crippen MR) is 114 cm³/mol. The van der Waals surface area contributed by atoms with E-state index in [2.05, 4.69) is 5.32 Å². The lowest BCUT2D eigenvalue weighted by Gasteiger charge is -2.36. The van der Waals surface area contributed by atoms with Crippen LogP contribution in [-0.4, -0.2) is 40.1 Å². The van der Waals surface area contributed by atoms with E-state index in [1.165, 1.54) is 24.3 Å². The minimum atomic E-state index is -1.33. The molecular weight excluding hydrogens is 436 g/mol. The summed E-state index contributed by atoms with van der Waals surface area (Å²) in [6.07, 6.45) is 1.49. The second-order valence-electron chi connectivity index (χ2n) is 8.58. The van der Waals surface area contributed by atoms with Gasteiger partial charge in [-0.2, -0.15) is 0 Å². The number of nitro benzene ring substituents is 1. The average molecular weight is 453 g/mol. The summed E-state index contributed by atoms with van der Waals surface area (Å²) < 4.78 is 0. The third-order valence-corrected chi connectivity index (χ3v) is 7.59. The highest BCUT2D eigenvalue weighted by Gasteiger charge is 2.74. The molecule has 1 N–H and O–H groups in total. The molecule has 4 atom stereocenters. The predicted octanol–water partition coefficient (Wildman–Crippen LogP) is 2.68. The van der Waals surface area contributed by atoms with Crippen molar-refractivity contribution < 1.29 is 19.3 Å². The Labute approximate surface area is 187 Å². The van der Waals surface area contributed by atoms with Crippen LogP contribution in [0.4, 0.5) is 17.1 Å². The number of rotatable bonds is 2. The van der Waals surface area contributed by atoms with Crippen molar-refractivity contribution in [1.82, 2.24) is 4.90 Å². The van der Waals surface area contributed by atoms with Crippen molar-refractivity contribution in [1.29, 1.82) is 0 Å². The highest BCUT2D eigenvalue weighted by Crippen LogP contribution is 2.61. The number of hydrogen-bond acceptors (Lipinski definition) is 6. The molecule has 4 heterocycles. The minimum absolute atomic E-state index is 0.146. The molecular formula is C22H17ClN4O5. The largest absolute Gasteiger partial charge is 0.323 e. The first kappa shape index (κ1) is 19.4. The van der Waals surface area contributed by atoms with E-state index in [9.17, 15) is 24.5 Å². The van der Waals surface area contributed by atoms with Crippen LogP contribution in [0, 0.1) is 22.0 Å². The highest BCUT2D eigenvalue weighted by molar-refractivity contribution is 6.35. The Morgan fingerprint density at radius 3 is 2.69 bits per heavy atom. The maximum atomic E-state index is 13.8. The number of amides is 3. The van der Waals surface area contributed by atoms with Crippen LogP contribution in [0.1, 0.15) is 18.4 Å². The molecule has 3 saturated heterocycles. The van der Waals surface area contributed by atoms with Gasteiger partial charge in [0, 0.05) is 23.7 Å². The fourth-order valence-corrected chi connectivity index (χ4v) is 6.42. The minimum Gasteiger partial charge on any atom is -0.323 e. The summed E-state index contributed by atoms with van der Waals surface area (Å²) in [6.45, 7) is 0.592. The summed E-state index contributed by atoms with van der Waals surface area (Å²) in [6, 6.07) is 10.4. The van der Waals surface area contributed by atoms with Crippen molar-refractivity contribution in [2.75, 3.05) is 16.8 Å². The van der Waals surface area contributed by atoms with Gasteiger partial charge in [0.2, 0.25) is 11.8 Å². The Hall–Kier alpha value is -3.30. The molecule has 0 bridgehead atoms. The van der Waals surface area contributed by atoms with Gasteiger partial charge in [-0.1, -0.05) is 29.8 Å². The molecule has 3 fully saturated rings. The molecule has 10 heteroatoms. The van der Waals surface area contributed by atoms with Crippen LogP contribution >= 0.6 is 11.6 Å². The number of halogens is 1. The molecule has 1 spiro atoms. The van der Waals surface area contributed by atoms with Crippen molar-refractivity contribution in [2.45, 2.75) is 24.4 Å². The second-order valence-corrected chi connectivity index (χ2v) is 8.99. The van der Waals surface area contributed by atoms with E-state index in [4.69, 9.17) is 11.6 Å². The Morgan fingerprint density at radius 2 is 1.91 bits per heavy atom. The molecule has 3 amide bonds. The van der Waals surface area contributed by atoms with E-state index in [1.807, 2.05) is 4.90 Å². The average Bonchev–Trinajstić information content (AvgIpc) is 3.47. The highest BCUT2D eigenvalue weighted by atomic mass is 35.5. The molecule has 32 heavy (non-hydrogen) atoms. The number of anilines is 2. The standard InChI is InChI=1S/C22H17ClN4O5/c23-14-7-2-6-13-18(14)24-21(30)22(13)17-16(15-8-3-9-25(15)22)19(28)26(20(17)29)11-4-1-5-12(10-11)27(31)32/h1-2,4-7,10,15-17H,3,8-9H2,(H,24,30)/t15-,16+,17-,22-/m0/s1. The van der Waals surface area contributed by atoms with E-state index < -0.39 is 34.1 Å². The third-order valence-electron chi connectivity index (χ3n) is 7.28. The van der Waals surface area contributed by atoms with E-state index in [-0.39, 0.29) is 23.3 Å². The van der Waals surface area contributed by atoms with Crippen LogP contribution < -0.4 is 10.2 Å². The number of benzene rings is 2. The Balaban J connectivity index is 1.54. The van der Waals surface area contributed by atoms with Crippen LogP contribution in [0.5, 0.6) is 0 Å². The van der Waals surface area contributed by atoms with Gasteiger partial charge in [-0.15, -0.1) is 0 Å². The van der Waals surface area contributed by atoms with Gasteiger partial charge in [0.1, 0.15) is 5.54 Å². The lowest BCUT2D eigenvalue weighted by Crippen LogP contribution is -2.54. The van der Waals surface area contributed by atoms with Crippen molar-refractivity contribution in [3.8, 4) is 0 Å². The van der Waals surface area contributed by atoms with Crippen molar-refractivity contribution in [3.63, 3.8) is 0 Å². The molecule has 0 radical (unpaired) electrons. The summed E-state index contributed by atoms with van der Waals surface area (Å²) in [4.78, 5) is 54.6. The number of carbonyl (C=O) groups excluding carboxylic acids is 3. The number of fused-ring (bicyclic) bond motifs is 7. The second kappa shape index (κ2) is 6.36. The molecule has 2 aromatic rings. The van der Waals surface area contributed by atoms with Gasteiger partial charge in [-0.25, -0.2) is 4.90 Å². The van der Waals surface area contributed by atoms with Crippen molar-refractivity contribution >= 4 is 46.4 Å². The monoisotopic (exact) mass is 452 g/mol. The topological polar surface area (TPSA) is 113 Å². The van der Waals surface area contributed by atoms with Gasteiger partial charge in [0.15, 0.2) is 0 Å². The summed E-state index contributed by atoms with van der Waals surface area (Å²) in [5, 5.41) is 14.5. The SMILES string of the molecule is O=C1[C@H]2[C@@H](C(=O)N1c1cccc([N+](=O)[O-])c1)[C@@]1(C(=O)Nc3c(Cl)cccc31)N1CCC[C@@H]21. The molecule has 162 valence electrons. The van der Waals surface area contributed by atoms with Crippen LogP contribution in [-0.2, 0) is 19.9 Å². The van der Waals surface area contributed by atoms with E-state index in [1.54, 1.807) is 18.2 Å². The van der Waals surface area contributed by atoms with E-state index >= 15 is 0 Å². The quantitative estimate of drug-likeness (QED) is 0.426. The Kier molecular flexibility index (Phi) is 3.86. The summed E-state index contributed by atoms with van der Waals surface area (Å²) in [7, 11) is 0. The summed E-state index contributed by atoms with van der Waals surface area (Å²) >= 11 is 6.36. The number of para-hydroxylation sites is 1. The number of carbonyl (C=O) groups is 3. The van der Waals surface area contributed by atoms with Gasteiger partial charge in [-0.05, 0) is 31.5 Å². The molecule has 4 aliphatic heterocycles. The maximum absolute atomic E-state index is 13.8. The molecule has 0 saturated carbocycles. The zero-order chi connectivity index (χ0) is 22.4. The molecule has 0 unspecified atom stereocenters. The van der Waals surface area contributed by atoms with E-state index in [0.29, 0.717) is 29.2 Å². The zero-order valence-electron chi connectivity index (χ0n) is 16.7. The third kappa shape index (κ3) is 2.14. The molecule has 2 aromatic carbocycles. The Bertz CT molecular complexity index is 1250. The zero-order valence-corrected chi connectivity index (χ0v) is 17.4. The number of imide groups is 1. The number of nitrogens with zero attached hydrogens (tertiary/aromatic N) is 3. The Morgan fingerprint density at radius 1 is 1.12 bits per heavy atom. The van der Waals surface area contributed by atoms with E-state index in [0.717, 1.165) is 11.3 Å². The number of nitro groups is 1. The number of hydrogen-bond donors (Lipinski definition) is 1. The van der Waals surface area contributed by atoms with Gasteiger partial charge in [0.05, 0.1) is 33.2 Å². The van der Waals surface area contributed by atoms with Gasteiger partial charge >= 0.3 is 0 Å². The van der Waals surface area contributed by atoms with Crippen LogP contribution in [0.3, 0.4) is 0 Å². The summed E-state index contributed by atoms with van der Waals surface area (Å²) in [5.74, 6) is -2.93. The molecule has 6 rings (SSSR count). The normalized spacial score (nSPS) is 30.6. The van der Waals surface area contributed by atoms with Crippen LogP contribution in [0.2, 0.25) is 5.02 Å². The van der Waals surface area contributed by atoms with Crippen molar-refractivity contribution in [3.05, 3.63) is 63.2 Å². The lowest BCUT2D eigenvalue weighted by atomic mass is 9.75. The fourth-order valence-electron chi connectivity index (χ4n) is 6.19. The molecule has 4 aliphatic rings. The molecule has 9 nitrogen and oxygen atoms in total. The molecule has 0 aliphatic carbocycles. The summed E-state index contributed by atoms with van der Waals surface area (Å²) in [5.41, 5.74) is -0.314. The van der Waals surface area contributed by atoms with Gasteiger partial charge in [-0.3, -0.25) is 29.4 Å². The van der Waals surface area contributed by atoms with Crippen LogP contribution in [0.15, 0.2) is 42.5 Å². The number of non-ortho nitro benzene ring substituents is 1. The first-order chi connectivity index (χ1) is 15.4. The van der Waals surface area contributed by atoms with Crippen molar-refractivity contribution in [2.24, 2.45) is 11.8 Å². The maximum Gasteiger partial charge on any atom is 0.271 e. The van der Waals surface area contributed by atoms with Gasteiger partial charge < -0.3 is 5.32 Å². The van der Waals surface area contributed by atoms with Crippen LogP contribution in [0.25, 0.3) is 0 Å².